The van der Waals surface area contributed by atoms with Crippen molar-refractivity contribution in [2.45, 2.75) is 25.3 Å². The van der Waals surface area contributed by atoms with E-state index in [2.05, 4.69) is 0 Å². The molecule has 0 aliphatic rings. The van der Waals surface area contributed by atoms with E-state index in [1.165, 1.54) is 0 Å². The Labute approximate surface area is 127 Å². The SMILES string of the molecule is N[C@H](CCC(Cc1ccc(OCC[18F])cc1)C(=O)O)C(=O)O. The van der Waals surface area contributed by atoms with Crippen LogP contribution in [0.25, 0.3) is 0 Å². The number of ether oxygens (including phenoxy) is 1. The highest BCUT2D eigenvalue weighted by Crippen LogP contribution is 2.18. The number of hydrogen-bond acceptors (Lipinski definition) is 4. The standard InChI is InChI=1S/C15H20FNO5/c16-7-8-22-12-4-1-10(2-5-12)9-11(14(18)19)3-6-13(17)15(20)21/h1-2,4-5,11,13H,3,6-9,17H2,(H,18,19)(H,20,21)/t11?,13-/m1/s1/i16-1. The van der Waals surface area contributed by atoms with Crippen molar-refractivity contribution in [3.05, 3.63) is 29.8 Å². The zero-order valence-electron chi connectivity index (χ0n) is 12.1. The fraction of sp³-hybridized carbons (Fsp3) is 0.467. The fourth-order valence-corrected chi connectivity index (χ4v) is 1.98. The van der Waals surface area contributed by atoms with Crippen molar-refractivity contribution in [1.29, 1.82) is 0 Å². The van der Waals surface area contributed by atoms with Crippen molar-refractivity contribution in [3.8, 4) is 5.75 Å². The highest BCUT2D eigenvalue weighted by atomic mass is 18.2. The van der Waals surface area contributed by atoms with Crippen molar-refractivity contribution in [3.63, 3.8) is 0 Å². The summed E-state index contributed by atoms with van der Waals surface area (Å²) in [5.74, 6) is -2.32. The molecule has 0 radical (unpaired) electrons. The average Bonchev–Trinajstić information content (AvgIpc) is 2.49. The molecule has 4 N–H and O–H groups in total. The third kappa shape index (κ3) is 6.09. The molecule has 0 saturated carbocycles. The van der Waals surface area contributed by atoms with Crippen LogP contribution in [-0.4, -0.2) is 41.5 Å². The predicted octanol–water partition coefficient (Wildman–Crippen LogP) is 1.47. The molecule has 0 amide bonds. The molecule has 6 nitrogen and oxygen atoms in total. The first-order chi connectivity index (χ1) is 10.4. The Morgan fingerprint density at radius 3 is 2.27 bits per heavy atom. The summed E-state index contributed by atoms with van der Waals surface area (Å²) in [7, 11) is 0. The molecule has 0 spiro atoms. The van der Waals surface area contributed by atoms with Crippen LogP contribution in [0.4, 0.5) is 4.39 Å². The van der Waals surface area contributed by atoms with Crippen LogP contribution in [0.1, 0.15) is 18.4 Å². The summed E-state index contributed by atoms with van der Waals surface area (Å²) < 4.78 is 17.1. The largest absolute Gasteiger partial charge is 0.491 e. The number of benzene rings is 1. The van der Waals surface area contributed by atoms with Gasteiger partial charge in [0.05, 0.1) is 5.92 Å². The molecule has 0 aliphatic heterocycles. The lowest BCUT2D eigenvalue weighted by Gasteiger charge is -2.14. The first kappa shape index (κ1) is 17.9. The Bertz CT molecular complexity index is 491. The van der Waals surface area contributed by atoms with Gasteiger partial charge in [0, 0.05) is 0 Å². The van der Waals surface area contributed by atoms with Crippen molar-refractivity contribution in [1.82, 2.24) is 0 Å². The van der Waals surface area contributed by atoms with Gasteiger partial charge in [-0.1, -0.05) is 12.1 Å². The van der Waals surface area contributed by atoms with Crippen LogP contribution >= 0.6 is 0 Å². The van der Waals surface area contributed by atoms with Gasteiger partial charge in [0.15, 0.2) is 0 Å². The molecule has 7 heteroatoms. The third-order valence-electron chi connectivity index (χ3n) is 3.24. The minimum Gasteiger partial charge on any atom is -0.491 e. The van der Waals surface area contributed by atoms with E-state index in [-0.39, 0.29) is 25.9 Å². The van der Waals surface area contributed by atoms with E-state index in [0.29, 0.717) is 5.75 Å². The molecule has 0 heterocycles. The Morgan fingerprint density at radius 1 is 1.14 bits per heavy atom. The van der Waals surface area contributed by atoms with E-state index in [1.807, 2.05) is 0 Å². The summed E-state index contributed by atoms with van der Waals surface area (Å²) in [6.45, 7) is -0.600. The lowest BCUT2D eigenvalue weighted by atomic mass is 9.93. The highest BCUT2D eigenvalue weighted by molar-refractivity contribution is 5.73. The average molecular weight is 312 g/mol. The molecule has 122 valence electrons. The second kappa shape index (κ2) is 8.99. The van der Waals surface area contributed by atoms with Gasteiger partial charge < -0.3 is 20.7 Å². The number of nitrogens with two attached hydrogens (primary N) is 1. The Hall–Kier alpha value is -2.15. The van der Waals surface area contributed by atoms with Crippen LogP contribution in [0.3, 0.4) is 0 Å². The molecular formula is C15H20FNO5. The molecule has 0 fully saturated rings. The molecule has 22 heavy (non-hydrogen) atoms. The maximum absolute atomic E-state index is 12.0. The molecule has 0 aromatic heterocycles. The zero-order chi connectivity index (χ0) is 16.5. The fourth-order valence-electron chi connectivity index (χ4n) is 1.98. The summed E-state index contributed by atoms with van der Waals surface area (Å²) in [5, 5.41) is 17.9. The van der Waals surface area contributed by atoms with E-state index in [9.17, 15) is 19.1 Å². The number of carbonyl (C=O) groups is 2. The molecule has 1 aromatic rings. The van der Waals surface area contributed by atoms with Crippen LogP contribution in [0.15, 0.2) is 24.3 Å². The van der Waals surface area contributed by atoms with Gasteiger partial charge in [-0.2, -0.15) is 0 Å². The summed E-state index contributed by atoms with van der Waals surface area (Å²) in [4.78, 5) is 21.9. The first-order valence-electron chi connectivity index (χ1n) is 6.93. The number of aliphatic carboxylic acids is 2. The molecule has 0 saturated heterocycles. The monoisotopic (exact) mass is 312 g/mol. The smallest absolute Gasteiger partial charge is 0.320 e. The summed E-state index contributed by atoms with van der Waals surface area (Å²) in [6.07, 6.45) is 0.554. The highest BCUT2D eigenvalue weighted by Gasteiger charge is 2.21. The van der Waals surface area contributed by atoms with Crippen molar-refractivity contribution >= 4 is 11.9 Å². The number of rotatable bonds is 10. The van der Waals surface area contributed by atoms with Crippen LogP contribution in [0, 0.1) is 5.92 Å². The van der Waals surface area contributed by atoms with Crippen LogP contribution in [-0.2, 0) is 16.0 Å². The molecule has 0 bridgehead atoms. The predicted molar refractivity (Wildman–Crippen MR) is 77.6 cm³/mol. The van der Waals surface area contributed by atoms with E-state index >= 15 is 0 Å². The Kier molecular flexibility index (Phi) is 7.31. The lowest BCUT2D eigenvalue weighted by molar-refractivity contribution is -0.143. The second-order valence-corrected chi connectivity index (χ2v) is 4.94. The zero-order valence-corrected chi connectivity index (χ0v) is 12.1. The number of carboxylic acids is 2. The minimum atomic E-state index is -1.14. The first-order valence-corrected chi connectivity index (χ1v) is 6.93. The van der Waals surface area contributed by atoms with Crippen molar-refractivity contribution < 1.29 is 28.9 Å². The maximum atomic E-state index is 12.0. The van der Waals surface area contributed by atoms with Gasteiger partial charge in [0.2, 0.25) is 0 Å². The third-order valence-corrected chi connectivity index (χ3v) is 3.24. The Morgan fingerprint density at radius 2 is 1.77 bits per heavy atom. The quantitative estimate of drug-likeness (QED) is 0.603. The topological polar surface area (TPSA) is 110 Å². The van der Waals surface area contributed by atoms with Crippen molar-refractivity contribution in [2.24, 2.45) is 11.7 Å². The minimum absolute atomic E-state index is 0.0236. The summed E-state index contributed by atoms with van der Waals surface area (Å²) >= 11 is 0. The van der Waals surface area contributed by atoms with Gasteiger partial charge in [0.25, 0.3) is 0 Å². The maximum Gasteiger partial charge on any atom is 0.320 e. The van der Waals surface area contributed by atoms with Gasteiger partial charge >= 0.3 is 11.9 Å². The number of halogens is 1. The van der Waals surface area contributed by atoms with Gasteiger partial charge in [-0.15, -0.1) is 0 Å². The van der Waals surface area contributed by atoms with Gasteiger partial charge in [-0.05, 0) is 37.0 Å². The van der Waals surface area contributed by atoms with Crippen LogP contribution < -0.4 is 10.5 Å². The van der Waals surface area contributed by atoms with E-state index in [1.54, 1.807) is 24.3 Å². The van der Waals surface area contributed by atoms with Gasteiger partial charge in [0.1, 0.15) is 25.1 Å². The van der Waals surface area contributed by atoms with E-state index in [0.717, 1.165) is 5.56 Å². The number of carboxylic acid groups (broad SMARTS) is 2. The van der Waals surface area contributed by atoms with E-state index < -0.39 is 30.6 Å². The lowest BCUT2D eigenvalue weighted by Crippen LogP contribution is -2.31. The normalized spacial score (nSPS) is 13.4. The molecular weight excluding hydrogens is 292 g/mol. The molecule has 2 atom stereocenters. The van der Waals surface area contributed by atoms with Crippen LogP contribution in [0.2, 0.25) is 0 Å². The number of hydrogen-bond donors (Lipinski definition) is 3. The molecule has 1 aromatic carbocycles. The Balaban J connectivity index is 2.59. The van der Waals surface area contributed by atoms with Gasteiger partial charge in [-0.25, -0.2) is 4.39 Å². The molecule has 1 unspecified atom stereocenters. The van der Waals surface area contributed by atoms with Crippen LogP contribution in [0.5, 0.6) is 5.75 Å². The second-order valence-electron chi connectivity index (χ2n) is 4.94. The molecule has 0 aliphatic carbocycles. The van der Waals surface area contributed by atoms with Gasteiger partial charge in [-0.3, -0.25) is 9.59 Å². The molecule has 1 rings (SSSR count). The summed E-state index contributed by atoms with van der Waals surface area (Å²) in [5.41, 5.74) is 6.17. The summed E-state index contributed by atoms with van der Waals surface area (Å²) in [6, 6.07) is 5.65. The van der Waals surface area contributed by atoms with E-state index in [4.69, 9.17) is 15.6 Å². The van der Waals surface area contributed by atoms with Crippen molar-refractivity contribution in [2.75, 3.05) is 13.3 Å². The number of alkyl halides is 1.